The fourth-order valence-corrected chi connectivity index (χ4v) is 4.75. The molecule has 156 valence electrons. The van der Waals surface area contributed by atoms with Crippen molar-refractivity contribution in [1.82, 2.24) is 0 Å². The first-order valence-corrected chi connectivity index (χ1v) is 11.4. The molecule has 0 bridgehead atoms. The fourth-order valence-electron chi connectivity index (χ4n) is 2.89. The number of hydrogen-bond donors (Lipinski definition) is 0. The summed E-state index contributed by atoms with van der Waals surface area (Å²) in [5.74, 6) is -0.00875. The van der Waals surface area contributed by atoms with E-state index in [9.17, 15) is 9.18 Å². The lowest BCUT2D eigenvalue weighted by atomic mass is 10.2. The first kappa shape index (κ1) is 21.9. The Labute approximate surface area is 203 Å². The highest BCUT2D eigenvalue weighted by Gasteiger charge is 2.24. The van der Waals surface area contributed by atoms with Crippen molar-refractivity contribution in [3.63, 3.8) is 0 Å². The third-order valence-corrected chi connectivity index (χ3v) is 5.96. The zero-order chi connectivity index (χ0) is 22.0. The molecule has 3 aromatic carbocycles. The van der Waals surface area contributed by atoms with Crippen LogP contribution in [0.15, 0.2) is 84.8 Å². The molecule has 1 heterocycles. The van der Waals surface area contributed by atoms with Crippen molar-refractivity contribution in [2.75, 3.05) is 0 Å². The summed E-state index contributed by atoms with van der Waals surface area (Å²) in [5, 5.41) is 0. The van der Waals surface area contributed by atoms with Crippen LogP contribution in [-0.4, -0.2) is 11.9 Å². The molecule has 0 saturated carbocycles. The number of rotatable bonds is 5. The van der Waals surface area contributed by atoms with E-state index >= 15 is 0 Å². The number of nitrogens with zero attached hydrogens (tertiary/aromatic N) is 1. The van der Waals surface area contributed by atoms with Crippen LogP contribution in [0.5, 0.6) is 5.75 Å². The number of hydrogen-bond acceptors (Lipinski definition) is 4. The van der Waals surface area contributed by atoms with Crippen molar-refractivity contribution in [2.24, 2.45) is 4.99 Å². The van der Waals surface area contributed by atoms with Gasteiger partial charge in [-0.2, -0.15) is 0 Å². The Bertz CT molecular complexity index is 1220. The highest BCUT2D eigenvalue weighted by atomic mass is 79.9. The molecular weight excluding hydrogens is 597 g/mol. The first-order chi connectivity index (χ1) is 14.9. The Morgan fingerprint density at radius 3 is 2.45 bits per heavy atom. The van der Waals surface area contributed by atoms with Gasteiger partial charge >= 0.3 is 5.97 Å². The molecule has 0 radical (unpaired) electrons. The maximum Gasteiger partial charge on any atom is 0.363 e. The Balaban J connectivity index is 1.56. The number of carbonyl (C=O) groups is 1. The number of cyclic esters (lactones) is 1. The standard InChI is InChI=1S/C23H13Br3FNO3/c24-16-5-2-4-15(11-16)22-28-20(23(29)31-22)10-14-8-18(25)21(19(26)9-14)30-12-13-3-1-6-17(27)7-13/h1-11H,12H2/b20-10-. The van der Waals surface area contributed by atoms with Gasteiger partial charge in [-0.1, -0.05) is 34.1 Å². The van der Waals surface area contributed by atoms with E-state index in [2.05, 4.69) is 52.8 Å². The number of aliphatic imine (C=N–C) groups is 1. The van der Waals surface area contributed by atoms with E-state index in [-0.39, 0.29) is 24.0 Å². The van der Waals surface area contributed by atoms with E-state index in [1.807, 2.05) is 24.3 Å². The minimum Gasteiger partial charge on any atom is -0.487 e. The quantitative estimate of drug-likeness (QED) is 0.230. The Hall–Kier alpha value is -2.29. The largest absolute Gasteiger partial charge is 0.487 e. The van der Waals surface area contributed by atoms with Gasteiger partial charge in [-0.15, -0.1) is 0 Å². The van der Waals surface area contributed by atoms with Gasteiger partial charge in [0, 0.05) is 10.0 Å². The van der Waals surface area contributed by atoms with Crippen LogP contribution in [0.4, 0.5) is 4.39 Å². The van der Waals surface area contributed by atoms with Crippen LogP contribution < -0.4 is 4.74 Å². The molecular formula is C23H13Br3FNO3. The van der Waals surface area contributed by atoms with E-state index < -0.39 is 5.97 Å². The molecule has 0 unspecified atom stereocenters. The predicted molar refractivity (Wildman–Crippen MR) is 127 cm³/mol. The smallest absolute Gasteiger partial charge is 0.363 e. The maximum absolute atomic E-state index is 13.4. The summed E-state index contributed by atoms with van der Waals surface area (Å²) in [5.41, 5.74) is 2.34. The van der Waals surface area contributed by atoms with Crippen LogP contribution in [0.25, 0.3) is 6.08 Å². The molecule has 0 saturated heterocycles. The van der Waals surface area contributed by atoms with E-state index in [1.165, 1.54) is 12.1 Å². The van der Waals surface area contributed by atoms with Gasteiger partial charge in [0.05, 0.1) is 8.95 Å². The van der Waals surface area contributed by atoms with E-state index in [4.69, 9.17) is 9.47 Å². The number of halogens is 4. The molecule has 0 N–H and O–H groups in total. The fraction of sp³-hybridized carbons (Fsp3) is 0.0435. The highest BCUT2D eigenvalue weighted by Crippen LogP contribution is 2.36. The molecule has 1 aliphatic rings. The first-order valence-electron chi connectivity index (χ1n) is 9.04. The lowest BCUT2D eigenvalue weighted by Gasteiger charge is -2.11. The molecule has 0 aliphatic carbocycles. The minimum atomic E-state index is -0.520. The van der Waals surface area contributed by atoms with Gasteiger partial charge in [0.25, 0.3) is 0 Å². The lowest BCUT2D eigenvalue weighted by Crippen LogP contribution is -2.05. The molecule has 31 heavy (non-hydrogen) atoms. The summed E-state index contributed by atoms with van der Waals surface area (Å²) < 4.78 is 26.7. The molecule has 0 fully saturated rings. The third-order valence-electron chi connectivity index (χ3n) is 4.29. The van der Waals surface area contributed by atoms with Gasteiger partial charge in [0.1, 0.15) is 18.2 Å². The maximum atomic E-state index is 13.4. The zero-order valence-electron chi connectivity index (χ0n) is 15.7. The molecule has 0 spiro atoms. The zero-order valence-corrected chi connectivity index (χ0v) is 20.5. The summed E-state index contributed by atoms with van der Waals surface area (Å²) in [6, 6.07) is 17.2. The van der Waals surface area contributed by atoms with Crippen LogP contribution in [-0.2, 0) is 16.1 Å². The van der Waals surface area contributed by atoms with E-state index in [0.29, 0.717) is 25.8 Å². The minimum absolute atomic E-state index is 0.196. The van der Waals surface area contributed by atoms with Gasteiger partial charge in [0.2, 0.25) is 5.90 Å². The van der Waals surface area contributed by atoms with E-state index in [0.717, 1.165) is 10.0 Å². The number of esters is 1. The molecule has 0 atom stereocenters. The average Bonchev–Trinajstić information content (AvgIpc) is 3.08. The molecule has 0 amide bonds. The second kappa shape index (κ2) is 9.46. The van der Waals surface area contributed by atoms with Crippen molar-refractivity contribution in [3.05, 3.63) is 102 Å². The summed E-state index contributed by atoms with van der Waals surface area (Å²) in [6.45, 7) is 0.210. The van der Waals surface area contributed by atoms with Crippen molar-refractivity contribution in [2.45, 2.75) is 6.61 Å². The second-order valence-corrected chi connectivity index (χ2v) is 9.20. The van der Waals surface area contributed by atoms with Gasteiger partial charge in [0.15, 0.2) is 5.70 Å². The van der Waals surface area contributed by atoms with Gasteiger partial charge < -0.3 is 9.47 Å². The average molecular weight is 610 g/mol. The van der Waals surface area contributed by atoms with Crippen molar-refractivity contribution >= 4 is 65.7 Å². The van der Waals surface area contributed by atoms with E-state index in [1.54, 1.807) is 30.3 Å². The van der Waals surface area contributed by atoms with Crippen molar-refractivity contribution < 1.29 is 18.7 Å². The second-order valence-electron chi connectivity index (χ2n) is 6.58. The summed E-state index contributed by atoms with van der Waals surface area (Å²) in [7, 11) is 0. The van der Waals surface area contributed by atoms with Gasteiger partial charge in [-0.3, -0.25) is 0 Å². The van der Waals surface area contributed by atoms with Crippen LogP contribution in [0.3, 0.4) is 0 Å². The number of ether oxygens (including phenoxy) is 2. The van der Waals surface area contributed by atoms with Gasteiger partial charge in [-0.05, 0) is 91.5 Å². The topological polar surface area (TPSA) is 47.9 Å². The predicted octanol–water partition coefficient (Wildman–Crippen LogP) is 7.04. The van der Waals surface area contributed by atoms with Crippen LogP contribution in [0, 0.1) is 5.82 Å². The molecule has 4 rings (SSSR count). The summed E-state index contributed by atoms with van der Waals surface area (Å²) in [6.07, 6.45) is 1.64. The SMILES string of the molecule is O=C1OC(c2cccc(Br)c2)=N/C1=C\c1cc(Br)c(OCc2cccc(F)c2)c(Br)c1. The normalized spacial score (nSPS) is 14.5. The van der Waals surface area contributed by atoms with Crippen LogP contribution >= 0.6 is 47.8 Å². The molecule has 3 aromatic rings. The van der Waals surface area contributed by atoms with Crippen molar-refractivity contribution in [1.29, 1.82) is 0 Å². The Kier molecular flexibility index (Phi) is 6.69. The lowest BCUT2D eigenvalue weighted by molar-refractivity contribution is -0.129. The highest BCUT2D eigenvalue weighted by molar-refractivity contribution is 9.11. The Morgan fingerprint density at radius 1 is 1.00 bits per heavy atom. The number of benzene rings is 3. The third kappa shape index (κ3) is 5.31. The van der Waals surface area contributed by atoms with Crippen LogP contribution in [0.1, 0.15) is 16.7 Å². The molecule has 8 heteroatoms. The molecule has 0 aromatic heterocycles. The monoisotopic (exact) mass is 607 g/mol. The molecule has 1 aliphatic heterocycles. The van der Waals surface area contributed by atoms with Crippen molar-refractivity contribution in [3.8, 4) is 5.75 Å². The summed E-state index contributed by atoms with van der Waals surface area (Å²) >= 11 is 10.4. The van der Waals surface area contributed by atoms with Crippen LogP contribution in [0.2, 0.25) is 0 Å². The Morgan fingerprint density at radius 2 is 1.74 bits per heavy atom. The van der Waals surface area contributed by atoms with Gasteiger partial charge in [-0.25, -0.2) is 14.2 Å². The number of carbonyl (C=O) groups excluding carboxylic acids is 1. The summed E-state index contributed by atoms with van der Waals surface area (Å²) in [4.78, 5) is 16.6. The molecule has 4 nitrogen and oxygen atoms in total.